The Balaban J connectivity index is 3.44. The minimum absolute atomic E-state index is 0.375. The lowest BCUT2D eigenvalue weighted by atomic mass is 10.1. The molecular formula is C8H7ClN2. The quantitative estimate of drug-likeness (QED) is 0.453. The Morgan fingerprint density at radius 1 is 1.36 bits per heavy atom. The molecule has 3 heteroatoms. The van der Waals surface area contributed by atoms with Crippen molar-refractivity contribution in [3.63, 3.8) is 0 Å². The molecule has 0 spiro atoms. The molecule has 0 unspecified atom stereocenters. The van der Waals surface area contributed by atoms with E-state index in [1.54, 1.807) is 12.1 Å². The second-order valence-electron chi connectivity index (χ2n) is 2.07. The fraction of sp³-hybridized carbons (Fsp3) is 0. The molecule has 0 atom stereocenters. The van der Waals surface area contributed by atoms with Gasteiger partial charge in [-0.2, -0.15) is 0 Å². The highest BCUT2D eigenvalue weighted by Gasteiger charge is 2.03. The number of anilines is 2. The molecule has 0 saturated heterocycles. The summed E-state index contributed by atoms with van der Waals surface area (Å²) in [4.78, 5) is 0. The van der Waals surface area contributed by atoms with E-state index in [4.69, 9.17) is 29.5 Å². The monoisotopic (exact) mass is 166 g/mol. The molecule has 1 rings (SSSR count). The van der Waals surface area contributed by atoms with Crippen LogP contribution in [0.2, 0.25) is 5.02 Å². The zero-order valence-corrected chi connectivity index (χ0v) is 6.52. The first-order chi connectivity index (χ1) is 5.16. The zero-order valence-electron chi connectivity index (χ0n) is 5.76. The van der Waals surface area contributed by atoms with Gasteiger partial charge in [0.25, 0.3) is 0 Å². The molecule has 0 saturated carbocycles. The van der Waals surface area contributed by atoms with Crippen molar-refractivity contribution in [1.29, 1.82) is 0 Å². The highest BCUT2D eigenvalue weighted by atomic mass is 35.5. The highest BCUT2D eigenvalue weighted by molar-refractivity contribution is 6.32. The van der Waals surface area contributed by atoms with Crippen LogP contribution in [0.1, 0.15) is 5.56 Å². The van der Waals surface area contributed by atoms with Gasteiger partial charge in [0.15, 0.2) is 0 Å². The third-order valence-electron chi connectivity index (χ3n) is 1.37. The van der Waals surface area contributed by atoms with Gasteiger partial charge in [0.2, 0.25) is 0 Å². The predicted octanol–water partition coefficient (Wildman–Crippen LogP) is 1.49. The summed E-state index contributed by atoms with van der Waals surface area (Å²) in [5.41, 5.74) is 12.3. The molecular weight excluding hydrogens is 160 g/mol. The largest absolute Gasteiger partial charge is 0.397 e. The van der Waals surface area contributed by atoms with E-state index in [-0.39, 0.29) is 0 Å². The molecule has 2 nitrogen and oxygen atoms in total. The fourth-order valence-electron chi connectivity index (χ4n) is 0.756. The van der Waals surface area contributed by atoms with Crippen LogP contribution in [-0.2, 0) is 0 Å². The third kappa shape index (κ3) is 1.24. The molecule has 1 aromatic carbocycles. The standard InChI is InChI=1S/C8H7ClN2/c1-2-5-6(9)3-4-7(10)8(5)11/h1,3-4H,10-11H2. The van der Waals surface area contributed by atoms with E-state index in [2.05, 4.69) is 5.92 Å². The number of terminal acetylenes is 1. The van der Waals surface area contributed by atoms with Crippen molar-refractivity contribution in [2.75, 3.05) is 11.5 Å². The Labute approximate surface area is 70.1 Å². The summed E-state index contributed by atoms with van der Waals surface area (Å²) in [6, 6.07) is 3.25. The number of halogens is 1. The van der Waals surface area contributed by atoms with E-state index < -0.39 is 0 Å². The van der Waals surface area contributed by atoms with Crippen LogP contribution in [0.5, 0.6) is 0 Å². The maximum Gasteiger partial charge on any atom is 0.0722 e. The predicted molar refractivity (Wildman–Crippen MR) is 48.2 cm³/mol. The molecule has 56 valence electrons. The Hall–Kier alpha value is -1.33. The molecule has 0 heterocycles. The Bertz CT molecular complexity index is 326. The molecule has 11 heavy (non-hydrogen) atoms. The molecule has 0 amide bonds. The van der Waals surface area contributed by atoms with Gasteiger partial charge in [-0.05, 0) is 12.1 Å². The fourth-order valence-corrected chi connectivity index (χ4v) is 0.975. The van der Waals surface area contributed by atoms with E-state index in [9.17, 15) is 0 Å². The minimum Gasteiger partial charge on any atom is -0.397 e. The number of nitrogens with two attached hydrogens (primary N) is 2. The molecule has 0 bridgehead atoms. The summed E-state index contributed by atoms with van der Waals surface area (Å²) < 4.78 is 0. The number of hydrogen-bond acceptors (Lipinski definition) is 2. The van der Waals surface area contributed by atoms with Crippen molar-refractivity contribution in [3.05, 3.63) is 22.7 Å². The summed E-state index contributed by atoms with van der Waals surface area (Å²) in [5.74, 6) is 2.37. The number of nitrogen functional groups attached to an aromatic ring is 2. The van der Waals surface area contributed by atoms with Crippen LogP contribution in [0.25, 0.3) is 0 Å². The van der Waals surface area contributed by atoms with Gasteiger partial charge in [0.05, 0.1) is 22.0 Å². The van der Waals surface area contributed by atoms with Crippen LogP contribution in [-0.4, -0.2) is 0 Å². The van der Waals surface area contributed by atoms with Gasteiger partial charge in [0.1, 0.15) is 0 Å². The summed E-state index contributed by atoms with van der Waals surface area (Å²) >= 11 is 5.72. The summed E-state index contributed by atoms with van der Waals surface area (Å²) in [5, 5.41) is 0.458. The molecule has 4 N–H and O–H groups in total. The first-order valence-electron chi connectivity index (χ1n) is 2.97. The Morgan fingerprint density at radius 2 is 2.00 bits per heavy atom. The van der Waals surface area contributed by atoms with Crippen LogP contribution in [0, 0.1) is 12.3 Å². The van der Waals surface area contributed by atoms with E-state index in [0.717, 1.165) is 0 Å². The van der Waals surface area contributed by atoms with Gasteiger partial charge >= 0.3 is 0 Å². The normalized spacial score (nSPS) is 9.09. The van der Waals surface area contributed by atoms with Crippen LogP contribution >= 0.6 is 11.6 Å². The van der Waals surface area contributed by atoms with Crippen LogP contribution in [0.3, 0.4) is 0 Å². The van der Waals surface area contributed by atoms with E-state index >= 15 is 0 Å². The minimum atomic E-state index is 0.375. The summed E-state index contributed by atoms with van der Waals surface area (Å²) in [7, 11) is 0. The average Bonchev–Trinajstić information content (AvgIpc) is 1.99. The summed E-state index contributed by atoms with van der Waals surface area (Å²) in [6.07, 6.45) is 5.15. The maximum atomic E-state index is 5.72. The van der Waals surface area contributed by atoms with Crippen LogP contribution < -0.4 is 11.5 Å². The third-order valence-corrected chi connectivity index (χ3v) is 1.69. The molecule has 0 aromatic heterocycles. The Kier molecular flexibility index (Phi) is 1.93. The van der Waals surface area contributed by atoms with Gasteiger partial charge in [0, 0.05) is 0 Å². The molecule has 0 aliphatic rings. The van der Waals surface area contributed by atoms with Gasteiger partial charge in [-0.25, -0.2) is 0 Å². The first kappa shape index (κ1) is 7.77. The van der Waals surface area contributed by atoms with Crippen molar-refractivity contribution in [1.82, 2.24) is 0 Å². The lowest BCUT2D eigenvalue weighted by Gasteiger charge is -2.03. The topological polar surface area (TPSA) is 52.0 Å². The smallest absolute Gasteiger partial charge is 0.0722 e. The van der Waals surface area contributed by atoms with Crippen molar-refractivity contribution >= 4 is 23.0 Å². The van der Waals surface area contributed by atoms with Gasteiger partial charge in [-0.3, -0.25) is 0 Å². The van der Waals surface area contributed by atoms with E-state index in [1.165, 1.54) is 0 Å². The van der Waals surface area contributed by atoms with Gasteiger partial charge in [-0.1, -0.05) is 17.5 Å². The maximum absolute atomic E-state index is 5.72. The first-order valence-corrected chi connectivity index (χ1v) is 3.34. The second kappa shape index (κ2) is 2.73. The molecule has 1 aromatic rings. The number of hydrogen-bond donors (Lipinski definition) is 2. The molecule has 0 aliphatic heterocycles. The molecule has 0 aliphatic carbocycles. The van der Waals surface area contributed by atoms with Crippen LogP contribution in [0.15, 0.2) is 12.1 Å². The molecule has 0 radical (unpaired) electrons. The zero-order chi connectivity index (χ0) is 8.43. The number of benzene rings is 1. The van der Waals surface area contributed by atoms with Crippen molar-refractivity contribution < 1.29 is 0 Å². The van der Waals surface area contributed by atoms with Gasteiger partial charge < -0.3 is 11.5 Å². The lowest BCUT2D eigenvalue weighted by Crippen LogP contribution is -1.97. The summed E-state index contributed by atoms with van der Waals surface area (Å²) in [6.45, 7) is 0. The van der Waals surface area contributed by atoms with Crippen molar-refractivity contribution in [2.45, 2.75) is 0 Å². The lowest BCUT2D eigenvalue weighted by molar-refractivity contribution is 1.62. The number of rotatable bonds is 0. The van der Waals surface area contributed by atoms with Crippen molar-refractivity contribution in [2.24, 2.45) is 0 Å². The van der Waals surface area contributed by atoms with E-state index in [1.807, 2.05) is 0 Å². The highest BCUT2D eigenvalue weighted by Crippen LogP contribution is 2.26. The van der Waals surface area contributed by atoms with Crippen molar-refractivity contribution in [3.8, 4) is 12.3 Å². The van der Waals surface area contributed by atoms with E-state index in [0.29, 0.717) is 22.0 Å². The Morgan fingerprint density at radius 3 is 2.45 bits per heavy atom. The second-order valence-corrected chi connectivity index (χ2v) is 2.48. The van der Waals surface area contributed by atoms with Crippen LogP contribution in [0.4, 0.5) is 11.4 Å². The SMILES string of the molecule is C#Cc1c(Cl)ccc(N)c1N. The molecule has 0 fully saturated rings. The average molecular weight is 167 g/mol. The van der Waals surface area contributed by atoms with Gasteiger partial charge in [-0.15, -0.1) is 6.42 Å².